The summed E-state index contributed by atoms with van der Waals surface area (Å²) in [7, 11) is 1.19. The Morgan fingerprint density at radius 1 is 1.60 bits per heavy atom. The smallest absolute Gasteiger partial charge is 0.342 e. The van der Waals surface area contributed by atoms with Crippen LogP contribution >= 0.6 is 11.6 Å². The molecule has 0 aliphatic rings. The third-order valence-corrected chi connectivity index (χ3v) is 1.10. The first kappa shape index (κ1) is 9.17. The van der Waals surface area contributed by atoms with Gasteiger partial charge >= 0.3 is 5.97 Å². The Hall–Kier alpha value is -0.830. The lowest BCUT2D eigenvalue weighted by molar-refractivity contribution is -0.136. The van der Waals surface area contributed by atoms with Crippen LogP contribution in [-0.4, -0.2) is 19.4 Å². The maximum atomic E-state index is 10.6. The molecule has 0 heterocycles. The molecule has 4 heteroatoms. The van der Waals surface area contributed by atoms with Gasteiger partial charge in [0.15, 0.2) is 6.29 Å². The molecular formula is C6H7ClO3. The number of rotatable bonds is 2. The number of methoxy groups -OCH3 is 1. The predicted octanol–water partition coefficient (Wildman–Crippen LogP) is 0.871. The highest BCUT2D eigenvalue weighted by Crippen LogP contribution is 2.06. The van der Waals surface area contributed by atoms with Gasteiger partial charge in [-0.25, -0.2) is 4.79 Å². The van der Waals surface area contributed by atoms with Crippen molar-refractivity contribution in [1.82, 2.24) is 0 Å². The summed E-state index contributed by atoms with van der Waals surface area (Å²) in [4.78, 5) is 20.7. The first-order valence-corrected chi connectivity index (χ1v) is 2.91. The van der Waals surface area contributed by atoms with E-state index in [0.717, 1.165) is 0 Å². The molecule has 0 aromatic rings. The van der Waals surface area contributed by atoms with Gasteiger partial charge in [-0.3, -0.25) is 4.79 Å². The Morgan fingerprint density at radius 3 is 2.20 bits per heavy atom. The zero-order valence-corrected chi connectivity index (χ0v) is 6.44. The fraction of sp³-hybridized carbons (Fsp3) is 0.333. The fourth-order valence-corrected chi connectivity index (χ4v) is 0.502. The molecule has 3 nitrogen and oxygen atoms in total. The van der Waals surface area contributed by atoms with E-state index in [2.05, 4.69) is 4.74 Å². The second-order valence-electron chi connectivity index (χ2n) is 1.56. The van der Waals surface area contributed by atoms with Gasteiger partial charge in [0.1, 0.15) is 5.57 Å². The van der Waals surface area contributed by atoms with Crippen molar-refractivity contribution in [2.75, 3.05) is 7.11 Å². The lowest BCUT2D eigenvalue weighted by Gasteiger charge is -1.96. The third kappa shape index (κ3) is 2.19. The van der Waals surface area contributed by atoms with Gasteiger partial charge in [-0.2, -0.15) is 0 Å². The van der Waals surface area contributed by atoms with Gasteiger partial charge in [0.2, 0.25) is 0 Å². The normalized spacial score (nSPS) is 11.9. The average Bonchev–Trinajstić information content (AvgIpc) is 1.88. The van der Waals surface area contributed by atoms with Gasteiger partial charge in [0, 0.05) is 5.03 Å². The van der Waals surface area contributed by atoms with Gasteiger partial charge in [-0.15, -0.1) is 0 Å². The third-order valence-electron chi connectivity index (χ3n) is 0.894. The summed E-state index contributed by atoms with van der Waals surface area (Å²) in [6.45, 7) is 1.45. The Balaban J connectivity index is 4.53. The minimum absolute atomic E-state index is 0.135. The van der Waals surface area contributed by atoms with Crippen molar-refractivity contribution < 1.29 is 14.3 Å². The van der Waals surface area contributed by atoms with Crippen LogP contribution < -0.4 is 0 Å². The molecule has 0 fully saturated rings. The summed E-state index contributed by atoms with van der Waals surface area (Å²) in [5, 5.41) is 0.141. The van der Waals surface area contributed by atoms with E-state index in [1.807, 2.05) is 0 Å². The highest BCUT2D eigenvalue weighted by molar-refractivity contribution is 6.33. The van der Waals surface area contributed by atoms with E-state index in [4.69, 9.17) is 11.6 Å². The second kappa shape index (κ2) is 4.06. The monoisotopic (exact) mass is 162 g/mol. The lowest BCUT2D eigenvalue weighted by Crippen LogP contribution is -2.06. The van der Waals surface area contributed by atoms with Crippen LogP contribution in [0.4, 0.5) is 0 Å². The Labute approximate surface area is 63.6 Å². The quantitative estimate of drug-likeness (QED) is 0.199. The van der Waals surface area contributed by atoms with Gasteiger partial charge < -0.3 is 4.74 Å². The van der Waals surface area contributed by atoms with Crippen LogP contribution in [0.15, 0.2) is 10.6 Å². The zero-order chi connectivity index (χ0) is 8.15. The van der Waals surface area contributed by atoms with Crippen molar-refractivity contribution in [3.63, 3.8) is 0 Å². The summed E-state index contributed by atoms with van der Waals surface area (Å²) < 4.78 is 4.25. The molecule has 56 valence electrons. The van der Waals surface area contributed by atoms with Crippen molar-refractivity contribution in [3.8, 4) is 0 Å². The molecule has 0 aromatic carbocycles. The van der Waals surface area contributed by atoms with Crippen molar-refractivity contribution in [1.29, 1.82) is 0 Å². The van der Waals surface area contributed by atoms with E-state index in [0.29, 0.717) is 6.29 Å². The fourth-order valence-electron chi connectivity index (χ4n) is 0.380. The standard InChI is InChI=1S/C6H7ClO3/c1-4(7)5(3-8)6(9)10-2/h3H,1-2H3. The van der Waals surface area contributed by atoms with Crippen molar-refractivity contribution in [2.24, 2.45) is 0 Å². The Kier molecular flexibility index (Phi) is 3.72. The summed E-state index contributed by atoms with van der Waals surface area (Å²) in [6.07, 6.45) is 0.369. The van der Waals surface area contributed by atoms with E-state index in [-0.39, 0.29) is 10.6 Å². The molecule has 0 spiro atoms. The van der Waals surface area contributed by atoms with Gasteiger partial charge in [0.05, 0.1) is 7.11 Å². The molecule has 0 aromatic heterocycles. The average molecular weight is 163 g/mol. The molecule has 0 aliphatic carbocycles. The molecule has 0 aliphatic heterocycles. The largest absolute Gasteiger partial charge is 0.465 e. The molecular weight excluding hydrogens is 156 g/mol. The van der Waals surface area contributed by atoms with Crippen LogP contribution in [0.1, 0.15) is 6.92 Å². The van der Waals surface area contributed by atoms with Crippen molar-refractivity contribution in [2.45, 2.75) is 6.92 Å². The first-order chi connectivity index (χ1) is 4.63. The van der Waals surface area contributed by atoms with Gasteiger partial charge in [-0.05, 0) is 6.92 Å². The SMILES string of the molecule is COC(=O)C(C=O)=C(C)Cl. The summed E-state index contributed by atoms with van der Waals surface area (Å²) in [6, 6.07) is 0. The number of hydrogen-bond donors (Lipinski definition) is 0. The molecule has 0 unspecified atom stereocenters. The van der Waals surface area contributed by atoms with Crippen LogP contribution in [-0.2, 0) is 14.3 Å². The zero-order valence-electron chi connectivity index (χ0n) is 5.68. The van der Waals surface area contributed by atoms with Crippen molar-refractivity contribution in [3.05, 3.63) is 10.6 Å². The molecule has 0 radical (unpaired) electrons. The molecule has 0 saturated heterocycles. The Morgan fingerprint density at radius 2 is 2.10 bits per heavy atom. The summed E-state index contributed by atoms with van der Waals surface area (Å²) in [5.74, 6) is -0.706. The Bertz CT molecular complexity index is 179. The van der Waals surface area contributed by atoms with Crippen LogP contribution in [0, 0.1) is 0 Å². The maximum absolute atomic E-state index is 10.6. The van der Waals surface area contributed by atoms with E-state index in [1.165, 1.54) is 14.0 Å². The number of halogens is 1. The number of carbonyl (C=O) groups excluding carboxylic acids is 2. The summed E-state index contributed by atoms with van der Waals surface area (Å²) in [5.41, 5.74) is -0.135. The first-order valence-electron chi connectivity index (χ1n) is 2.53. The molecule has 0 saturated carbocycles. The molecule has 0 rings (SSSR count). The highest BCUT2D eigenvalue weighted by Gasteiger charge is 2.10. The van der Waals surface area contributed by atoms with Crippen LogP contribution in [0.3, 0.4) is 0 Å². The van der Waals surface area contributed by atoms with E-state index in [9.17, 15) is 9.59 Å². The topological polar surface area (TPSA) is 43.4 Å². The van der Waals surface area contributed by atoms with Gasteiger partial charge in [-0.1, -0.05) is 11.6 Å². The minimum Gasteiger partial charge on any atom is -0.465 e. The lowest BCUT2D eigenvalue weighted by atomic mass is 10.3. The number of aldehydes is 1. The number of esters is 1. The van der Waals surface area contributed by atoms with Crippen molar-refractivity contribution >= 4 is 23.9 Å². The van der Waals surface area contributed by atoms with E-state index in [1.54, 1.807) is 0 Å². The number of ether oxygens (including phenoxy) is 1. The number of carbonyl (C=O) groups is 2. The summed E-state index contributed by atoms with van der Waals surface area (Å²) >= 11 is 5.37. The minimum atomic E-state index is -0.706. The van der Waals surface area contributed by atoms with E-state index < -0.39 is 5.97 Å². The van der Waals surface area contributed by atoms with Crippen LogP contribution in [0.5, 0.6) is 0 Å². The highest BCUT2D eigenvalue weighted by atomic mass is 35.5. The molecule has 10 heavy (non-hydrogen) atoms. The van der Waals surface area contributed by atoms with E-state index >= 15 is 0 Å². The molecule has 0 N–H and O–H groups in total. The molecule has 0 atom stereocenters. The number of allylic oxidation sites excluding steroid dienone is 1. The van der Waals surface area contributed by atoms with Crippen LogP contribution in [0.25, 0.3) is 0 Å². The van der Waals surface area contributed by atoms with Gasteiger partial charge in [0.25, 0.3) is 0 Å². The number of hydrogen-bond acceptors (Lipinski definition) is 3. The van der Waals surface area contributed by atoms with Crippen LogP contribution in [0.2, 0.25) is 0 Å². The molecule has 0 amide bonds. The predicted molar refractivity (Wildman–Crippen MR) is 36.6 cm³/mol. The second-order valence-corrected chi connectivity index (χ2v) is 2.12. The molecule has 0 bridgehead atoms. The maximum Gasteiger partial charge on any atom is 0.342 e.